The molecule has 2 aromatic carbocycles. The molecule has 0 N–H and O–H groups in total. The summed E-state index contributed by atoms with van der Waals surface area (Å²) in [6.45, 7) is 0. The number of aryl methyl sites for hydroxylation is 2. The van der Waals surface area contributed by atoms with Gasteiger partial charge < -0.3 is 0 Å². The van der Waals surface area contributed by atoms with E-state index in [9.17, 15) is 0 Å². The summed E-state index contributed by atoms with van der Waals surface area (Å²) in [6, 6.07) is 21.2. The minimum Gasteiger partial charge on any atom is -0.147 e. The Kier molecular flexibility index (Phi) is 12.5. The molecule has 0 aromatic heterocycles. The van der Waals surface area contributed by atoms with E-state index in [1.807, 2.05) is 0 Å². The van der Waals surface area contributed by atoms with Gasteiger partial charge in [0.05, 0.1) is 0 Å². The number of rotatable bonds is 3. The van der Waals surface area contributed by atoms with E-state index in [2.05, 4.69) is 60.7 Å². The molecule has 0 aliphatic carbocycles. The summed E-state index contributed by atoms with van der Waals surface area (Å²) in [5.74, 6) is 0. The van der Waals surface area contributed by atoms with E-state index in [1.165, 1.54) is 11.1 Å². The predicted molar refractivity (Wildman–Crippen MR) is 74.8 cm³/mol. The topological polar surface area (TPSA) is 0 Å². The normalized spacial score (nSPS) is 8.24. The van der Waals surface area contributed by atoms with Crippen molar-refractivity contribution in [1.82, 2.24) is 0 Å². The first-order chi connectivity index (χ1) is 6.95. The van der Waals surface area contributed by atoms with Crippen LogP contribution in [-0.2, 0) is 39.0 Å². The fourth-order valence-corrected chi connectivity index (χ4v) is 1.58. The van der Waals surface area contributed by atoms with Crippen molar-refractivity contribution in [2.45, 2.75) is 12.8 Å². The van der Waals surface area contributed by atoms with Crippen molar-refractivity contribution in [3.63, 3.8) is 0 Å². The van der Waals surface area contributed by atoms with Crippen LogP contribution in [0.5, 0.6) is 0 Å². The zero-order chi connectivity index (χ0) is 9.64. The molecule has 90 valence electrons. The molecule has 17 heavy (non-hydrogen) atoms. The van der Waals surface area contributed by atoms with Gasteiger partial charge in [-0.05, 0) is 24.0 Å². The summed E-state index contributed by atoms with van der Waals surface area (Å²) < 4.78 is 0. The SMILES string of the molecule is Cl.Cl.[Zr].c1ccc(CCc2ccccc2)cc1. The van der Waals surface area contributed by atoms with Gasteiger partial charge in [-0.3, -0.25) is 0 Å². The zero-order valence-electron chi connectivity index (χ0n) is 9.50. The van der Waals surface area contributed by atoms with E-state index >= 15 is 0 Å². The predicted octanol–water partition coefficient (Wildman–Crippen LogP) is 4.31. The van der Waals surface area contributed by atoms with Crippen molar-refractivity contribution in [1.29, 1.82) is 0 Å². The van der Waals surface area contributed by atoms with E-state index in [0.717, 1.165) is 12.8 Å². The fourth-order valence-electron chi connectivity index (χ4n) is 1.58. The molecule has 0 fully saturated rings. The molecule has 0 radical (unpaired) electrons. The molecule has 0 unspecified atom stereocenters. The summed E-state index contributed by atoms with van der Waals surface area (Å²) >= 11 is 0. The Hall–Kier alpha value is -0.0969. The van der Waals surface area contributed by atoms with Crippen molar-refractivity contribution in [3.05, 3.63) is 71.8 Å². The molecule has 2 rings (SSSR count). The smallest absolute Gasteiger partial charge is 0 e. The molecule has 0 saturated heterocycles. The van der Waals surface area contributed by atoms with Crippen LogP contribution in [0.25, 0.3) is 0 Å². The second-order valence-corrected chi connectivity index (χ2v) is 3.47. The number of hydrogen-bond acceptors (Lipinski definition) is 0. The van der Waals surface area contributed by atoms with Crippen LogP contribution >= 0.6 is 24.8 Å². The van der Waals surface area contributed by atoms with Gasteiger partial charge in [-0.2, -0.15) is 0 Å². The van der Waals surface area contributed by atoms with E-state index in [1.54, 1.807) is 0 Å². The minimum atomic E-state index is 0. The van der Waals surface area contributed by atoms with Crippen LogP contribution in [0.1, 0.15) is 11.1 Å². The van der Waals surface area contributed by atoms with Crippen molar-refractivity contribution >= 4 is 24.8 Å². The summed E-state index contributed by atoms with van der Waals surface area (Å²) in [4.78, 5) is 0. The van der Waals surface area contributed by atoms with E-state index in [0.29, 0.717) is 0 Å². The first kappa shape index (κ1) is 19.2. The van der Waals surface area contributed by atoms with Crippen molar-refractivity contribution in [2.24, 2.45) is 0 Å². The summed E-state index contributed by atoms with van der Waals surface area (Å²) in [5.41, 5.74) is 2.83. The van der Waals surface area contributed by atoms with Gasteiger partial charge >= 0.3 is 0 Å². The van der Waals surface area contributed by atoms with E-state index in [-0.39, 0.29) is 51.0 Å². The second-order valence-electron chi connectivity index (χ2n) is 3.47. The molecule has 0 bridgehead atoms. The molecule has 0 aliphatic rings. The van der Waals surface area contributed by atoms with Gasteiger partial charge in [-0.25, -0.2) is 0 Å². The van der Waals surface area contributed by atoms with Crippen molar-refractivity contribution < 1.29 is 26.2 Å². The third kappa shape index (κ3) is 7.04. The van der Waals surface area contributed by atoms with Crippen LogP contribution in [0.3, 0.4) is 0 Å². The van der Waals surface area contributed by atoms with Crippen LogP contribution in [-0.4, -0.2) is 0 Å². The fraction of sp³-hybridized carbons (Fsp3) is 0.143. The number of benzene rings is 2. The molecule has 0 aliphatic heterocycles. The average Bonchev–Trinajstić information content (AvgIpc) is 2.29. The zero-order valence-corrected chi connectivity index (χ0v) is 13.6. The molecule has 0 amide bonds. The van der Waals surface area contributed by atoms with Gasteiger partial charge in [0.25, 0.3) is 0 Å². The summed E-state index contributed by atoms with van der Waals surface area (Å²) in [5, 5.41) is 0. The average molecular weight is 346 g/mol. The first-order valence-electron chi connectivity index (χ1n) is 5.03. The molecule has 0 atom stereocenters. The summed E-state index contributed by atoms with van der Waals surface area (Å²) in [6.07, 6.45) is 2.26. The van der Waals surface area contributed by atoms with Crippen LogP contribution in [0.2, 0.25) is 0 Å². The maximum atomic E-state index is 2.18. The molecular weight excluding hydrogens is 330 g/mol. The van der Waals surface area contributed by atoms with E-state index in [4.69, 9.17) is 0 Å². The quantitative estimate of drug-likeness (QED) is 0.777. The maximum Gasteiger partial charge on any atom is 0 e. The van der Waals surface area contributed by atoms with Crippen molar-refractivity contribution in [2.75, 3.05) is 0 Å². The maximum absolute atomic E-state index is 2.18. The van der Waals surface area contributed by atoms with Crippen molar-refractivity contribution in [3.8, 4) is 0 Å². The third-order valence-electron chi connectivity index (χ3n) is 2.39. The Labute approximate surface area is 135 Å². The number of hydrogen-bond donors (Lipinski definition) is 0. The second kappa shape index (κ2) is 11.0. The van der Waals surface area contributed by atoms with Gasteiger partial charge in [0.15, 0.2) is 0 Å². The number of halogens is 2. The molecule has 0 spiro atoms. The standard InChI is InChI=1S/C14H14.2ClH.Zr/c1-3-7-13(8-4-1)11-12-14-9-5-2-6-10-14;;;/h1-10H,11-12H2;2*1H;. The van der Waals surface area contributed by atoms with Gasteiger partial charge in [-0.15, -0.1) is 24.8 Å². The molecular formula is C14H16Cl2Zr. The Morgan fingerprint density at radius 1 is 0.529 bits per heavy atom. The van der Waals surface area contributed by atoms with Crippen LogP contribution in [0.4, 0.5) is 0 Å². The van der Waals surface area contributed by atoms with Gasteiger partial charge in [0, 0.05) is 26.2 Å². The Morgan fingerprint density at radius 3 is 1.12 bits per heavy atom. The van der Waals surface area contributed by atoms with Gasteiger partial charge in [0.1, 0.15) is 0 Å². The summed E-state index contributed by atoms with van der Waals surface area (Å²) in [7, 11) is 0. The molecule has 3 heteroatoms. The third-order valence-corrected chi connectivity index (χ3v) is 2.39. The Balaban J connectivity index is 0. The van der Waals surface area contributed by atoms with Gasteiger partial charge in [0.2, 0.25) is 0 Å². The van der Waals surface area contributed by atoms with Crippen LogP contribution < -0.4 is 0 Å². The molecule has 0 heterocycles. The molecule has 2 aromatic rings. The van der Waals surface area contributed by atoms with Crippen LogP contribution in [0.15, 0.2) is 60.7 Å². The van der Waals surface area contributed by atoms with E-state index < -0.39 is 0 Å². The monoisotopic (exact) mass is 344 g/mol. The largest absolute Gasteiger partial charge is 0.147 e. The first-order valence-corrected chi connectivity index (χ1v) is 5.03. The minimum absolute atomic E-state index is 0. The molecule has 0 saturated carbocycles. The Morgan fingerprint density at radius 2 is 0.824 bits per heavy atom. The van der Waals surface area contributed by atoms with Gasteiger partial charge in [-0.1, -0.05) is 60.7 Å². The molecule has 0 nitrogen and oxygen atoms in total. The van der Waals surface area contributed by atoms with Crippen LogP contribution in [0, 0.1) is 0 Å². The Bertz CT molecular complexity index is 336.